The van der Waals surface area contributed by atoms with Gasteiger partial charge in [-0.25, -0.2) is 9.79 Å². The summed E-state index contributed by atoms with van der Waals surface area (Å²) in [6.45, 7) is 2.49. The van der Waals surface area contributed by atoms with Crippen molar-refractivity contribution < 1.29 is 28.5 Å². The average molecular weight is 494 g/mol. The van der Waals surface area contributed by atoms with E-state index in [0.29, 0.717) is 40.2 Å². The summed E-state index contributed by atoms with van der Waals surface area (Å²) < 4.78 is 27.5. The highest BCUT2D eigenvalue weighted by atomic mass is 35.5. The van der Waals surface area contributed by atoms with Crippen molar-refractivity contribution in [2.24, 2.45) is 4.99 Å². The Labute approximate surface area is 208 Å². The van der Waals surface area contributed by atoms with Crippen molar-refractivity contribution in [1.82, 2.24) is 0 Å². The average Bonchev–Trinajstić information content (AvgIpc) is 3.22. The van der Waals surface area contributed by atoms with Gasteiger partial charge in [0.05, 0.1) is 19.2 Å². The Morgan fingerprint density at radius 2 is 1.71 bits per heavy atom. The van der Waals surface area contributed by atoms with Crippen molar-refractivity contribution in [3.8, 4) is 23.0 Å². The van der Waals surface area contributed by atoms with Crippen LogP contribution in [0.5, 0.6) is 23.0 Å². The van der Waals surface area contributed by atoms with E-state index < -0.39 is 5.97 Å². The van der Waals surface area contributed by atoms with Crippen molar-refractivity contribution in [3.63, 3.8) is 0 Å². The molecule has 0 aromatic heterocycles. The number of cyclic esters (lactones) is 1. The molecule has 3 aromatic rings. The highest BCUT2D eigenvalue weighted by Crippen LogP contribution is 2.37. The fourth-order valence-corrected chi connectivity index (χ4v) is 3.70. The summed E-state index contributed by atoms with van der Waals surface area (Å²) in [6.07, 6.45) is 1.59. The van der Waals surface area contributed by atoms with E-state index in [4.69, 9.17) is 35.3 Å². The Morgan fingerprint density at radius 1 is 0.943 bits per heavy atom. The minimum atomic E-state index is -0.536. The highest BCUT2D eigenvalue weighted by Gasteiger charge is 2.24. The molecule has 0 bridgehead atoms. The maximum absolute atomic E-state index is 12.4. The molecule has 35 heavy (non-hydrogen) atoms. The molecular weight excluding hydrogens is 470 g/mol. The Morgan fingerprint density at radius 3 is 2.49 bits per heavy atom. The van der Waals surface area contributed by atoms with E-state index in [2.05, 4.69) is 4.99 Å². The molecule has 0 atom stereocenters. The van der Waals surface area contributed by atoms with E-state index in [0.717, 1.165) is 11.1 Å². The first-order valence-corrected chi connectivity index (χ1v) is 11.2. The largest absolute Gasteiger partial charge is 0.497 e. The van der Waals surface area contributed by atoms with Gasteiger partial charge in [0, 0.05) is 11.6 Å². The predicted octanol–water partition coefficient (Wildman–Crippen LogP) is 5.47. The molecule has 8 heteroatoms. The van der Waals surface area contributed by atoms with Gasteiger partial charge < -0.3 is 23.7 Å². The number of rotatable bonds is 9. The van der Waals surface area contributed by atoms with Crippen LogP contribution in [0.2, 0.25) is 5.02 Å². The summed E-state index contributed by atoms with van der Waals surface area (Å²) in [6, 6.07) is 18.3. The maximum Gasteiger partial charge on any atom is 0.363 e. The zero-order valence-electron chi connectivity index (χ0n) is 19.5. The molecule has 1 aliphatic heterocycles. The molecule has 0 saturated heterocycles. The molecule has 0 amide bonds. The van der Waals surface area contributed by atoms with E-state index in [1.807, 2.05) is 49.4 Å². The number of aliphatic imine (C=N–C) groups is 1. The number of methoxy groups -OCH3 is 2. The number of halogens is 1. The lowest BCUT2D eigenvalue weighted by molar-refractivity contribution is -0.129. The van der Waals surface area contributed by atoms with Gasteiger partial charge in [-0.15, -0.1) is 0 Å². The first-order chi connectivity index (χ1) is 17.0. The second-order valence-electron chi connectivity index (χ2n) is 7.62. The molecule has 0 N–H and O–H groups in total. The molecule has 3 aromatic carbocycles. The van der Waals surface area contributed by atoms with Gasteiger partial charge in [-0.3, -0.25) is 0 Å². The second kappa shape index (κ2) is 11.0. The number of carbonyl (C=O) groups excluding carboxylic acids is 1. The van der Waals surface area contributed by atoms with Crippen LogP contribution in [0.4, 0.5) is 0 Å². The smallest absolute Gasteiger partial charge is 0.363 e. The standard InChI is InChI=1S/C27H24ClNO6/c1-17-6-4-7-19(12-17)26-29-23(27(30)35-26)14-18-13-22(28)25(24(15-18)32-3)34-11-10-33-21-9-5-8-20(16-21)31-2/h4-9,12-16H,10-11H2,1-3H3/b23-14+. The normalized spacial score (nSPS) is 13.9. The number of hydrogen-bond acceptors (Lipinski definition) is 7. The van der Waals surface area contributed by atoms with E-state index in [1.165, 1.54) is 7.11 Å². The minimum absolute atomic E-state index is 0.167. The van der Waals surface area contributed by atoms with Gasteiger partial charge in [0.1, 0.15) is 24.7 Å². The third-order valence-corrected chi connectivity index (χ3v) is 5.36. The molecule has 0 aliphatic carbocycles. The zero-order valence-corrected chi connectivity index (χ0v) is 20.3. The van der Waals surface area contributed by atoms with Crippen LogP contribution in [0.15, 0.2) is 71.4 Å². The summed E-state index contributed by atoms with van der Waals surface area (Å²) in [5.41, 5.74) is 2.56. The number of aryl methyl sites for hydroxylation is 1. The molecule has 7 nitrogen and oxygen atoms in total. The van der Waals surface area contributed by atoms with Gasteiger partial charge in [-0.05, 0) is 55.0 Å². The topological polar surface area (TPSA) is 75.6 Å². The number of hydrogen-bond donors (Lipinski definition) is 0. The van der Waals surface area contributed by atoms with Crippen molar-refractivity contribution in [3.05, 3.63) is 88.1 Å². The molecule has 4 rings (SSSR count). The van der Waals surface area contributed by atoms with Gasteiger partial charge in [0.25, 0.3) is 0 Å². The van der Waals surface area contributed by atoms with Crippen LogP contribution in [0.25, 0.3) is 6.08 Å². The van der Waals surface area contributed by atoms with Crippen molar-refractivity contribution in [2.45, 2.75) is 6.92 Å². The summed E-state index contributed by atoms with van der Waals surface area (Å²) in [7, 11) is 3.11. The first kappa shape index (κ1) is 24.2. The maximum atomic E-state index is 12.4. The Bertz CT molecular complexity index is 1300. The Hall–Kier alpha value is -3.97. The fourth-order valence-electron chi connectivity index (χ4n) is 3.43. The molecule has 0 fully saturated rings. The van der Waals surface area contributed by atoms with Crippen LogP contribution in [-0.2, 0) is 9.53 Å². The SMILES string of the molecule is COc1cccc(OCCOc2c(Cl)cc(/C=C3/N=C(c4cccc(C)c4)OC3=O)cc2OC)c1. The molecule has 0 radical (unpaired) electrons. The lowest BCUT2D eigenvalue weighted by atomic mass is 10.1. The molecule has 0 spiro atoms. The molecular formula is C27H24ClNO6. The predicted molar refractivity (Wildman–Crippen MR) is 134 cm³/mol. The van der Waals surface area contributed by atoms with Crippen LogP contribution < -0.4 is 18.9 Å². The molecule has 180 valence electrons. The van der Waals surface area contributed by atoms with Crippen LogP contribution in [0.3, 0.4) is 0 Å². The summed E-state index contributed by atoms with van der Waals surface area (Å²) >= 11 is 6.47. The van der Waals surface area contributed by atoms with Crippen LogP contribution in [-0.4, -0.2) is 39.3 Å². The summed E-state index contributed by atoms with van der Waals surface area (Å²) in [4.78, 5) is 16.7. The van der Waals surface area contributed by atoms with Gasteiger partial charge in [0.2, 0.25) is 5.90 Å². The zero-order chi connectivity index (χ0) is 24.8. The lowest BCUT2D eigenvalue weighted by Gasteiger charge is -2.14. The van der Waals surface area contributed by atoms with Gasteiger partial charge in [-0.2, -0.15) is 0 Å². The Kier molecular flexibility index (Phi) is 7.57. The van der Waals surface area contributed by atoms with Crippen LogP contribution in [0.1, 0.15) is 16.7 Å². The number of ether oxygens (including phenoxy) is 5. The monoisotopic (exact) mass is 493 g/mol. The van der Waals surface area contributed by atoms with Gasteiger partial charge >= 0.3 is 5.97 Å². The van der Waals surface area contributed by atoms with Crippen LogP contribution in [0, 0.1) is 6.92 Å². The number of carbonyl (C=O) groups is 1. The fraction of sp³-hybridized carbons (Fsp3) is 0.185. The van der Waals surface area contributed by atoms with Crippen LogP contribution >= 0.6 is 11.6 Å². The molecule has 1 heterocycles. The quantitative estimate of drug-likeness (QED) is 0.223. The van der Waals surface area contributed by atoms with E-state index in [9.17, 15) is 4.79 Å². The minimum Gasteiger partial charge on any atom is -0.497 e. The molecule has 0 unspecified atom stereocenters. The molecule has 1 aliphatic rings. The number of nitrogens with zero attached hydrogens (tertiary/aromatic N) is 1. The van der Waals surface area contributed by atoms with Crippen molar-refractivity contribution in [1.29, 1.82) is 0 Å². The van der Waals surface area contributed by atoms with Gasteiger partial charge in [-0.1, -0.05) is 35.4 Å². The second-order valence-corrected chi connectivity index (χ2v) is 8.02. The van der Waals surface area contributed by atoms with Crippen molar-refractivity contribution >= 4 is 29.5 Å². The van der Waals surface area contributed by atoms with Gasteiger partial charge in [0.15, 0.2) is 17.2 Å². The summed E-state index contributed by atoms with van der Waals surface area (Å²) in [5, 5.41) is 0.326. The number of benzene rings is 3. The van der Waals surface area contributed by atoms with E-state index in [-0.39, 0.29) is 18.2 Å². The lowest BCUT2D eigenvalue weighted by Crippen LogP contribution is -2.10. The Balaban J connectivity index is 1.46. The third kappa shape index (κ3) is 5.94. The highest BCUT2D eigenvalue weighted by molar-refractivity contribution is 6.32. The van der Waals surface area contributed by atoms with Crippen molar-refractivity contribution in [2.75, 3.05) is 27.4 Å². The summed E-state index contributed by atoms with van der Waals surface area (Å²) in [5.74, 6) is 1.90. The third-order valence-electron chi connectivity index (χ3n) is 5.08. The number of esters is 1. The van der Waals surface area contributed by atoms with E-state index in [1.54, 1.807) is 31.4 Å². The first-order valence-electron chi connectivity index (χ1n) is 10.8. The molecule has 0 saturated carbocycles. The van der Waals surface area contributed by atoms with E-state index >= 15 is 0 Å².